The summed E-state index contributed by atoms with van der Waals surface area (Å²) in [5, 5.41) is 12.5. The average molecular weight is 501 g/mol. The third-order valence-electron chi connectivity index (χ3n) is 7.35. The highest BCUT2D eigenvalue weighted by Crippen LogP contribution is 2.43. The number of benzene rings is 1. The van der Waals surface area contributed by atoms with Crippen LogP contribution in [0.25, 0.3) is 0 Å². The number of piperidine rings is 2. The summed E-state index contributed by atoms with van der Waals surface area (Å²) >= 11 is 0. The molecule has 9 heteroatoms. The van der Waals surface area contributed by atoms with E-state index in [4.69, 9.17) is 9.47 Å². The van der Waals surface area contributed by atoms with Gasteiger partial charge in [0.1, 0.15) is 35.4 Å². The third kappa shape index (κ3) is 6.09. The molecule has 2 saturated heterocycles. The first-order chi connectivity index (χ1) is 17.0. The molecule has 0 aromatic heterocycles. The van der Waals surface area contributed by atoms with Crippen LogP contribution in [0.3, 0.4) is 0 Å². The quantitative estimate of drug-likeness (QED) is 0.641. The summed E-state index contributed by atoms with van der Waals surface area (Å²) in [6.45, 7) is 7.27. The summed E-state index contributed by atoms with van der Waals surface area (Å²) < 4.78 is 26.4. The van der Waals surface area contributed by atoms with Gasteiger partial charge in [-0.25, -0.2) is 9.18 Å². The number of hydrogen-bond acceptors (Lipinski definition) is 6. The number of halogens is 1. The molecule has 3 aliphatic rings. The number of ether oxygens (including phenoxy) is 2. The lowest BCUT2D eigenvalue weighted by atomic mass is 9.97. The first-order valence-electron chi connectivity index (χ1n) is 12.9. The summed E-state index contributed by atoms with van der Waals surface area (Å²) in [6, 6.07) is 5.12. The van der Waals surface area contributed by atoms with Crippen LogP contribution in [0.2, 0.25) is 0 Å². The van der Waals surface area contributed by atoms with Gasteiger partial charge in [0.05, 0.1) is 6.07 Å². The molecule has 2 heterocycles. The predicted molar refractivity (Wildman–Crippen MR) is 132 cm³/mol. The lowest BCUT2D eigenvalue weighted by Gasteiger charge is -2.35. The van der Waals surface area contributed by atoms with Crippen LogP contribution in [0.15, 0.2) is 18.2 Å². The van der Waals surface area contributed by atoms with Crippen LogP contribution in [0, 0.1) is 23.1 Å². The summed E-state index contributed by atoms with van der Waals surface area (Å²) in [7, 11) is 2.07. The molecule has 1 aliphatic carbocycles. The molecule has 2 bridgehead atoms. The number of carbonyl (C=O) groups is 2. The summed E-state index contributed by atoms with van der Waals surface area (Å²) in [5.74, 6) is -0.347. The Hall–Kier alpha value is -2.86. The molecule has 1 saturated carbocycles. The molecule has 3 fully saturated rings. The Morgan fingerprint density at radius 3 is 2.58 bits per heavy atom. The van der Waals surface area contributed by atoms with Gasteiger partial charge in [0.2, 0.25) is 5.91 Å². The fraction of sp³-hybridized carbons (Fsp3) is 0.667. The Labute approximate surface area is 212 Å². The molecular weight excluding hydrogens is 463 g/mol. The zero-order valence-electron chi connectivity index (χ0n) is 21.6. The van der Waals surface area contributed by atoms with Gasteiger partial charge < -0.3 is 19.7 Å². The van der Waals surface area contributed by atoms with Gasteiger partial charge in [0.15, 0.2) is 0 Å². The highest BCUT2D eigenvalue weighted by Gasteiger charge is 2.52. The van der Waals surface area contributed by atoms with E-state index in [1.807, 2.05) is 0 Å². The molecule has 0 unspecified atom stereocenters. The van der Waals surface area contributed by atoms with E-state index in [9.17, 15) is 19.2 Å². The number of carbonyl (C=O) groups excluding carboxylic acids is 2. The van der Waals surface area contributed by atoms with Crippen LogP contribution in [-0.2, 0) is 16.0 Å². The number of rotatable bonds is 6. The fourth-order valence-corrected chi connectivity index (χ4v) is 5.57. The zero-order chi connectivity index (χ0) is 26.0. The van der Waals surface area contributed by atoms with Gasteiger partial charge in [-0.2, -0.15) is 5.26 Å². The van der Waals surface area contributed by atoms with E-state index in [-0.39, 0.29) is 30.4 Å². The van der Waals surface area contributed by atoms with E-state index in [2.05, 4.69) is 23.3 Å². The van der Waals surface area contributed by atoms with Crippen molar-refractivity contribution < 1.29 is 23.5 Å². The minimum Gasteiger partial charge on any atom is -0.490 e. The second-order valence-corrected chi connectivity index (χ2v) is 11.3. The zero-order valence-corrected chi connectivity index (χ0v) is 21.6. The van der Waals surface area contributed by atoms with Crippen LogP contribution in [0.1, 0.15) is 58.4 Å². The molecule has 4 rings (SSSR count). The van der Waals surface area contributed by atoms with Gasteiger partial charge in [-0.3, -0.25) is 9.69 Å². The lowest BCUT2D eigenvalue weighted by Crippen LogP contribution is -2.55. The molecule has 4 atom stereocenters. The van der Waals surface area contributed by atoms with Gasteiger partial charge in [0.25, 0.3) is 0 Å². The van der Waals surface area contributed by atoms with Gasteiger partial charge >= 0.3 is 6.09 Å². The SMILES string of the molecule is CN1CCC(Oc2ccc(C[C@@H](C#N)NC(=O)[C@@H]3[C@H]4CC[C@H](C4)N3C(=O)OC(C)(C)C)c(F)c2)CC1. The number of nitrogens with zero attached hydrogens (tertiary/aromatic N) is 3. The van der Waals surface area contributed by atoms with Gasteiger partial charge in [-0.1, -0.05) is 6.07 Å². The van der Waals surface area contributed by atoms with E-state index in [0.717, 1.165) is 45.2 Å². The lowest BCUT2D eigenvalue weighted by molar-refractivity contribution is -0.128. The first-order valence-corrected chi connectivity index (χ1v) is 12.9. The smallest absolute Gasteiger partial charge is 0.411 e. The van der Waals surface area contributed by atoms with Gasteiger partial charge in [-0.15, -0.1) is 0 Å². The summed E-state index contributed by atoms with van der Waals surface area (Å²) in [5.41, 5.74) is -0.343. The molecule has 1 aromatic rings. The maximum atomic E-state index is 14.9. The van der Waals surface area contributed by atoms with Crippen molar-refractivity contribution in [2.45, 2.75) is 89.1 Å². The van der Waals surface area contributed by atoms with Crippen molar-refractivity contribution in [1.82, 2.24) is 15.1 Å². The number of nitrogens with one attached hydrogen (secondary N) is 1. The summed E-state index contributed by atoms with van der Waals surface area (Å²) in [4.78, 5) is 29.9. The average Bonchev–Trinajstić information content (AvgIpc) is 3.42. The maximum Gasteiger partial charge on any atom is 0.411 e. The Balaban J connectivity index is 1.38. The third-order valence-corrected chi connectivity index (χ3v) is 7.35. The van der Waals surface area contributed by atoms with E-state index in [1.54, 1.807) is 37.8 Å². The monoisotopic (exact) mass is 500 g/mol. The fourth-order valence-electron chi connectivity index (χ4n) is 5.57. The Bertz CT molecular complexity index is 1010. The standard InChI is InChI=1S/C27H37FN4O4/c1-27(2,3)36-26(34)32-20-7-5-18(14-20)24(32)25(33)30-19(16-29)13-17-6-8-22(15-23(17)28)35-21-9-11-31(4)12-10-21/h6,8,15,18-21,24H,5,7,9-14H2,1-4H3,(H,30,33)/t18-,19-,20+,24-/m0/s1. The predicted octanol–water partition coefficient (Wildman–Crippen LogP) is 3.64. The van der Waals surface area contributed by atoms with Gasteiger partial charge in [-0.05, 0) is 77.5 Å². The van der Waals surface area contributed by atoms with Crippen molar-refractivity contribution in [3.63, 3.8) is 0 Å². The highest BCUT2D eigenvalue weighted by atomic mass is 19.1. The molecule has 0 radical (unpaired) electrons. The van der Waals surface area contributed by atoms with E-state index in [1.165, 1.54) is 6.07 Å². The van der Waals surface area contributed by atoms with Crippen molar-refractivity contribution in [2.24, 2.45) is 5.92 Å². The van der Waals surface area contributed by atoms with Gasteiger partial charge in [0, 0.05) is 31.6 Å². The van der Waals surface area contributed by atoms with Crippen molar-refractivity contribution >= 4 is 12.0 Å². The number of fused-ring (bicyclic) bond motifs is 2. The normalized spacial score (nSPS) is 25.3. The van der Waals surface area contributed by atoms with E-state index >= 15 is 0 Å². The van der Waals surface area contributed by atoms with Crippen molar-refractivity contribution in [2.75, 3.05) is 20.1 Å². The van der Waals surface area contributed by atoms with Crippen LogP contribution in [-0.4, -0.2) is 71.8 Å². The van der Waals surface area contributed by atoms with E-state index < -0.39 is 29.6 Å². The van der Waals surface area contributed by atoms with Crippen LogP contribution >= 0.6 is 0 Å². The van der Waals surface area contributed by atoms with Crippen molar-refractivity contribution in [3.8, 4) is 11.8 Å². The Morgan fingerprint density at radius 1 is 1.22 bits per heavy atom. The van der Waals surface area contributed by atoms with Crippen LogP contribution in [0.4, 0.5) is 9.18 Å². The van der Waals surface area contributed by atoms with Crippen molar-refractivity contribution in [1.29, 1.82) is 5.26 Å². The van der Waals surface area contributed by atoms with Crippen LogP contribution in [0.5, 0.6) is 5.75 Å². The number of likely N-dealkylation sites (tertiary alicyclic amines) is 2. The highest BCUT2D eigenvalue weighted by molar-refractivity contribution is 5.87. The summed E-state index contributed by atoms with van der Waals surface area (Å²) in [6.07, 6.45) is 3.82. The first kappa shape index (κ1) is 26.2. The van der Waals surface area contributed by atoms with Crippen molar-refractivity contribution in [3.05, 3.63) is 29.6 Å². The topological polar surface area (TPSA) is 94.9 Å². The largest absolute Gasteiger partial charge is 0.490 e. The molecule has 2 aliphatic heterocycles. The molecular formula is C27H37FN4O4. The maximum absolute atomic E-state index is 14.9. The number of nitriles is 1. The Morgan fingerprint density at radius 2 is 1.94 bits per heavy atom. The number of hydrogen-bond donors (Lipinski definition) is 1. The van der Waals surface area contributed by atoms with E-state index in [0.29, 0.717) is 11.3 Å². The molecule has 2 amide bonds. The second-order valence-electron chi connectivity index (χ2n) is 11.3. The minimum absolute atomic E-state index is 0.0236. The molecule has 1 N–H and O–H groups in total. The molecule has 1 aromatic carbocycles. The molecule has 196 valence electrons. The molecule has 0 spiro atoms. The number of amides is 2. The second kappa shape index (κ2) is 10.6. The van der Waals surface area contributed by atoms with Crippen LogP contribution < -0.4 is 10.1 Å². The molecule has 36 heavy (non-hydrogen) atoms. The Kier molecular flexibility index (Phi) is 7.74. The molecule has 8 nitrogen and oxygen atoms in total. The minimum atomic E-state index is -0.924.